The van der Waals surface area contributed by atoms with Gasteiger partial charge in [-0.1, -0.05) is 40.7 Å². The Labute approximate surface area is 196 Å². The second-order valence-corrected chi connectivity index (χ2v) is 7.80. The Morgan fingerprint density at radius 1 is 1.15 bits per heavy atom. The van der Waals surface area contributed by atoms with Crippen LogP contribution in [0.15, 0.2) is 59.4 Å². The Morgan fingerprint density at radius 2 is 2.00 bits per heavy atom. The zero-order valence-electron chi connectivity index (χ0n) is 17.8. The van der Waals surface area contributed by atoms with Crippen molar-refractivity contribution in [2.75, 3.05) is 6.54 Å². The number of nitrogens with two attached hydrogens (primary N) is 1. The largest absolute Gasteiger partial charge is 0.370 e. The molecule has 1 fully saturated rings. The molecule has 33 heavy (non-hydrogen) atoms. The molecule has 11 heteroatoms. The van der Waals surface area contributed by atoms with Gasteiger partial charge in [0, 0.05) is 30.8 Å². The van der Waals surface area contributed by atoms with E-state index in [4.69, 9.17) is 15.7 Å². The van der Waals surface area contributed by atoms with Gasteiger partial charge in [-0.25, -0.2) is 4.68 Å². The van der Waals surface area contributed by atoms with Crippen molar-refractivity contribution < 1.29 is 4.52 Å². The lowest BCUT2D eigenvalue weighted by atomic mass is 10.1. The van der Waals surface area contributed by atoms with E-state index in [0.29, 0.717) is 24.7 Å². The fourth-order valence-electron chi connectivity index (χ4n) is 3.98. The summed E-state index contributed by atoms with van der Waals surface area (Å²) in [5.41, 5.74) is 9.17. The summed E-state index contributed by atoms with van der Waals surface area (Å²) in [6.07, 6.45) is 6.20. The van der Waals surface area contributed by atoms with Crippen LogP contribution in [0.4, 0.5) is 0 Å². The van der Waals surface area contributed by atoms with E-state index < -0.39 is 0 Å². The van der Waals surface area contributed by atoms with Crippen LogP contribution in [0.3, 0.4) is 0 Å². The van der Waals surface area contributed by atoms with Gasteiger partial charge in [-0.3, -0.25) is 10.4 Å². The van der Waals surface area contributed by atoms with Crippen LogP contribution < -0.4 is 5.73 Å². The van der Waals surface area contributed by atoms with Gasteiger partial charge < -0.3 is 15.2 Å². The highest BCUT2D eigenvalue weighted by Crippen LogP contribution is 2.22. The molecule has 0 saturated carbocycles. The third-order valence-corrected chi connectivity index (χ3v) is 5.59. The van der Waals surface area contributed by atoms with Gasteiger partial charge in [-0.2, -0.15) is 4.98 Å². The van der Waals surface area contributed by atoms with Crippen LogP contribution in [0.5, 0.6) is 0 Å². The number of rotatable bonds is 6. The van der Waals surface area contributed by atoms with E-state index in [1.807, 2.05) is 53.6 Å². The summed E-state index contributed by atoms with van der Waals surface area (Å²) in [7, 11) is 0. The quantitative estimate of drug-likeness (QED) is 0.327. The number of hydrogen-bond donors (Lipinski definition) is 2. The lowest BCUT2D eigenvalue weighted by Gasteiger charge is -2.23. The monoisotopic (exact) mass is 465 g/mol. The van der Waals surface area contributed by atoms with Crippen LogP contribution in [0.1, 0.15) is 24.3 Å². The van der Waals surface area contributed by atoms with Gasteiger partial charge in [0.2, 0.25) is 11.7 Å². The number of benzene rings is 1. The molecule has 0 radical (unpaired) electrons. The van der Waals surface area contributed by atoms with Crippen molar-refractivity contribution in [2.45, 2.75) is 31.8 Å². The van der Waals surface area contributed by atoms with Gasteiger partial charge in [-0.05, 0) is 30.5 Å². The van der Waals surface area contributed by atoms with E-state index in [1.54, 1.807) is 10.9 Å². The molecule has 5 rings (SSSR count). The molecule has 1 aliphatic rings. The predicted octanol–water partition coefficient (Wildman–Crippen LogP) is 2.76. The van der Waals surface area contributed by atoms with Gasteiger partial charge in [0.1, 0.15) is 5.69 Å². The molecule has 170 valence electrons. The number of nitrogens with one attached hydrogen (secondary N) is 1. The van der Waals surface area contributed by atoms with Crippen molar-refractivity contribution in [2.24, 2.45) is 5.73 Å². The van der Waals surface area contributed by atoms with Gasteiger partial charge >= 0.3 is 0 Å². The average molecular weight is 466 g/mol. The number of likely N-dealkylation sites (tertiary alicyclic amines) is 1. The third-order valence-electron chi connectivity index (χ3n) is 5.59. The van der Waals surface area contributed by atoms with E-state index in [9.17, 15) is 0 Å². The van der Waals surface area contributed by atoms with Gasteiger partial charge in [-0.15, -0.1) is 17.5 Å². The SMILES string of the molecule is Cl.N=C(N)N1CCC[C@H]1Cc1nc(-c2ccc(Cn3cc(-c4ccccn4)nn3)cc2)no1. The predicted molar refractivity (Wildman–Crippen MR) is 125 cm³/mol. The first kappa shape index (κ1) is 22.4. The van der Waals surface area contributed by atoms with Crippen molar-refractivity contribution in [1.29, 1.82) is 5.41 Å². The van der Waals surface area contributed by atoms with Crippen molar-refractivity contribution in [3.8, 4) is 22.8 Å². The number of guanidine groups is 1. The van der Waals surface area contributed by atoms with E-state index in [0.717, 1.165) is 41.9 Å². The van der Waals surface area contributed by atoms with Crippen molar-refractivity contribution >= 4 is 18.4 Å². The molecule has 0 aliphatic carbocycles. The van der Waals surface area contributed by atoms with Crippen molar-refractivity contribution in [1.82, 2.24) is 35.0 Å². The molecule has 1 aliphatic heterocycles. The first-order valence-electron chi connectivity index (χ1n) is 10.5. The highest BCUT2D eigenvalue weighted by Gasteiger charge is 2.27. The summed E-state index contributed by atoms with van der Waals surface area (Å²) in [6.45, 7) is 1.40. The normalized spacial score (nSPS) is 15.4. The number of aromatic nitrogens is 6. The minimum atomic E-state index is 0. The summed E-state index contributed by atoms with van der Waals surface area (Å²) >= 11 is 0. The molecule has 1 saturated heterocycles. The standard InChI is InChI=1S/C22H23N9O.ClH/c23-22(24)31-11-3-4-17(31)12-20-26-21(28-32-20)16-8-6-15(7-9-16)13-30-14-19(27-29-30)18-5-1-2-10-25-18;/h1-2,5-10,14,17H,3-4,11-13H2,(H3,23,24);1H/t17-;/m0./s1. The Balaban J connectivity index is 0.00000259. The number of hydrogen-bond acceptors (Lipinski definition) is 7. The molecule has 4 aromatic rings. The van der Waals surface area contributed by atoms with Crippen molar-refractivity contribution in [3.05, 3.63) is 66.3 Å². The van der Waals surface area contributed by atoms with E-state index in [-0.39, 0.29) is 24.4 Å². The van der Waals surface area contributed by atoms with Gasteiger partial charge in [0.15, 0.2) is 5.96 Å². The molecule has 3 N–H and O–H groups in total. The Hall–Kier alpha value is -3.79. The maximum atomic E-state index is 7.70. The van der Waals surface area contributed by atoms with Crippen LogP contribution in [0, 0.1) is 5.41 Å². The highest BCUT2D eigenvalue weighted by molar-refractivity contribution is 5.85. The van der Waals surface area contributed by atoms with Gasteiger partial charge in [0.25, 0.3) is 0 Å². The zero-order chi connectivity index (χ0) is 21.9. The third kappa shape index (κ3) is 5.01. The molecule has 3 aromatic heterocycles. The van der Waals surface area contributed by atoms with Crippen LogP contribution in [-0.2, 0) is 13.0 Å². The maximum absolute atomic E-state index is 7.70. The Morgan fingerprint density at radius 3 is 2.76 bits per heavy atom. The van der Waals surface area contributed by atoms with E-state index in [2.05, 4.69) is 25.4 Å². The minimum Gasteiger partial charge on any atom is -0.370 e. The molecule has 10 nitrogen and oxygen atoms in total. The zero-order valence-corrected chi connectivity index (χ0v) is 18.6. The minimum absolute atomic E-state index is 0. The second kappa shape index (κ2) is 9.78. The van der Waals surface area contributed by atoms with Crippen LogP contribution in [-0.4, -0.2) is 53.6 Å². The summed E-state index contributed by atoms with van der Waals surface area (Å²) in [4.78, 5) is 10.7. The average Bonchev–Trinajstić information content (AvgIpc) is 3.57. The van der Waals surface area contributed by atoms with Crippen molar-refractivity contribution in [3.63, 3.8) is 0 Å². The molecule has 0 spiro atoms. The summed E-state index contributed by atoms with van der Waals surface area (Å²) in [6, 6.07) is 13.8. The fourth-order valence-corrected chi connectivity index (χ4v) is 3.98. The lowest BCUT2D eigenvalue weighted by molar-refractivity contribution is 0.320. The molecule has 0 amide bonds. The summed E-state index contributed by atoms with van der Waals surface area (Å²) < 4.78 is 7.24. The Bertz CT molecular complexity index is 1210. The fraction of sp³-hybridized carbons (Fsp3) is 0.273. The highest BCUT2D eigenvalue weighted by atomic mass is 35.5. The second-order valence-electron chi connectivity index (χ2n) is 7.80. The number of halogens is 1. The molecule has 1 atom stereocenters. The molecule has 0 bridgehead atoms. The van der Waals surface area contributed by atoms with Crippen LogP contribution >= 0.6 is 12.4 Å². The van der Waals surface area contributed by atoms with E-state index in [1.165, 1.54) is 0 Å². The molecule has 4 heterocycles. The maximum Gasteiger partial charge on any atom is 0.229 e. The molecular weight excluding hydrogens is 442 g/mol. The number of pyridine rings is 1. The first-order chi connectivity index (χ1) is 15.7. The van der Waals surface area contributed by atoms with Crippen LogP contribution in [0.25, 0.3) is 22.8 Å². The topological polar surface area (TPSA) is 136 Å². The van der Waals surface area contributed by atoms with Gasteiger partial charge in [0.05, 0.1) is 18.4 Å². The summed E-state index contributed by atoms with van der Waals surface area (Å²) in [5, 5.41) is 20.2. The first-order valence-corrected chi connectivity index (χ1v) is 10.5. The summed E-state index contributed by atoms with van der Waals surface area (Å²) in [5.74, 6) is 1.21. The lowest BCUT2D eigenvalue weighted by Crippen LogP contribution is -2.41. The van der Waals surface area contributed by atoms with Crippen LogP contribution in [0.2, 0.25) is 0 Å². The molecule has 1 aromatic carbocycles. The van der Waals surface area contributed by atoms with E-state index >= 15 is 0 Å². The Kier molecular flexibility index (Phi) is 6.64. The number of nitrogens with zero attached hydrogens (tertiary/aromatic N) is 7. The molecular formula is C22H24ClN9O. The molecule has 0 unspecified atom stereocenters. The smallest absolute Gasteiger partial charge is 0.229 e.